The maximum Gasteiger partial charge on any atom is 0.329 e. The number of amides is 2. The van der Waals surface area contributed by atoms with E-state index in [4.69, 9.17) is 9.15 Å². The number of fused-ring (bicyclic) bond motifs is 1. The Morgan fingerprint density at radius 3 is 2.54 bits per heavy atom. The largest absolute Gasteiger partial charge is 0.459 e. The smallest absolute Gasteiger partial charge is 0.329 e. The van der Waals surface area contributed by atoms with Crippen LogP contribution in [-0.4, -0.2) is 53.3 Å². The number of hydrogen-bond donors (Lipinski definition) is 0. The number of rotatable bonds is 5. The Labute approximate surface area is 163 Å². The first-order chi connectivity index (χ1) is 13.4. The van der Waals surface area contributed by atoms with Crippen molar-refractivity contribution >= 4 is 17.8 Å². The summed E-state index contributed by atoms with van der Waals surface area (Å²) in [6, 6.07) is 10.0. The SMILES string of the molecule is CC(C)N(C)C(=O)COC(=O)C1Cc2ccccc2CN1C(=O)c1ccco1. The third-order valence-corrected chi connectivity index (χ3v) is 5.02. The van der Waals surface area contributed by atoms with Gasteiger partial charge in [-0.3, -0.25) is 9.59 Å². The van der Waals surface area contributed by atoms with Crippen LogP contribution < -0.4 is 0 Å². The van der Waals surface area contributed by atoms with E-state index in [1.807, 2.05) is 38.1 Å². The number of likely N-dealkylation sites (N-methyl/N-ethyl adjacent to an activating group) is 1. The fourth-order valence-electron chi connectivity index (χ4n) is 3.11. The van der Waals surface area contributed by atoms with Crippen molar-refractivity contribution < 1.29 is 23.5 Å². The number of esters is 1. The molecule has 1 aliphatic heterocycles. The van der Waals surface area contributed by atoms with Gasteiger partial charge in [-0.2, -0.15) is 0 Å². The van der Waals surface area contributed by atoms with Crippen LogP contribution in [0.3, 0.4) is 0 Å². The quantitative estimate of drug-likeness (QED) is 0.739. The molecule has 2 amide bonds. The zero-order valence-corrected chi connectivity index (χ0v) is 16.3. The Morgan fingerprint density at radius 2 is 1.89 bits per heavy atom. The summed E-state index contributed by atoms with van der Waals surface area (Å²) < 4.78 is 10.5. The average Bonchev–Trinajstić information content (AvgIpc) is 3.24. The second-order valence-electron chi connectivity index (χ2n) is 7.11. The summed E-state index contributed by atoms with van der Waals surface area (Å²) >= 11 is 0. The molecule has 28 heavy (non-hydrogen) atoms. The summed E-state index contributed by atoms with van der Waals surface area (Å²) in [7, 11) is 1.66. The Kier molecular flexibility index (Phi) is 5.82. The van der Waals surface area contributed by atoms with Gasteiger partial charge in [0.1, 0.15) is 6.04 Å². The molecule has 148 valence electrons. The van der Waals surface area contributed by atoms with E-state index in [0.717, 1.165) is 11.1 Å². The molecule has 2 heterocycles. The number of carbonyl (C=O) groups is 3. The van der Waals surface area contributed by atoms with E-state index >= 15 is 0 Å². The van der Waals surface area contributed by atoms with Crippen LogP contribution in [0, 0.1) is 0 Å². The first-order valence-electron chi connectivity index (χ1n) is 9.22. The molecule has 3 rings (SSSR count). The van der Waals surface area contributed by atoms with Crippen molar-refractivity contribution in [3.05, 3.63) is 59.5 Å². The lowest BCUT2D eigenvalue weighted by Crippen LogP contribution is -2.50. The third-order valence-electron chi connectivity index (χ3n) is 5.02. The van der Waals surface area contributed by atoms with E-state index in [9.17, 15) is 14.4 Å². The highest BCUT2D eigenvalue weighted by Crippen LogP contribution is 2.26. The molecule has 1 atom stereocenters. The molecule has 7 nitrogen and oxygen atoms in total. The molecule has 2 aromatic rings. The summed E-state index contributed by atoms with van der Waals surface area (Å²) in [5.41, 5.74) is 1.96. The van der Waals surface area contributed by atoms with Gasteiger partial charge in [-0.15, -0.1) is 0 Å². The lowest BCUT2D eigenvalue weighted by molar-refractivity contribution is -0.156. The Hall–Kier alpha value is -3.09. The van der Waals surface area contributed by atoms with Gasteiger partial charge in [0.25, 0.3) is 11.8 Å². The van der Waals surface area contributed by atoms with E-state index in [1.54, 1.807) is 19.2 Å². The predicted molar refractivity (Wildman–Crippen MR) is 101 cm³/mol. The van der Waals surface area contributed by atoms with Crippen molar-refractivity contribution in [2.45, 2.75) is 38.9 Å². The normalized spacial score (nSPS) is 15.9. The molecule has 1 aromatic heterocycles. The van der Waals surface area contributed by atoms with Crippen molar-refractivity contribution in [2.75, 3.05) is 13.7 Å². The number of benzene rings is 1. The zero-order chi connectivity index (χ0) is 20.3. The van der Waals surface area contributed by atoms with Crippen LogP contribution >= 0.6 is 0 Å². The molecule has 0 fully saturated rings. The van der Waals surface area contributed by atoms with Crippen molar-refractivity contribution in [1.29, 1.82) is 0 Å². The van der Waals surface area contributed by atoms with Gasteiger partial charge in [0, 0.05) is 26.1 Å². The fourth-order valence-corrected chi connectivity index (χ4v) is 3.11. The number of ether oxygens (including phenoxy) is 1. The van der Waals surface area contributed by atoms with E-state index in [-0.39, 0.29) is 36.8 Å². The van der Waals surface area contributed by atoms with Crippen LogP contribution in [-0.2, 0) is 27.3 Å². The van der Waals surface area contributed by atoms with Gasteiger partial charge in [-0.25, -0.2) is 4.79 Å². The first-order valence-corrected chi connectivity index (χ1v) is 9.22. The average molecular weight is 384 g/mol. The van der Waals surface area contributed by atoms with Gasteiger partial charge in [0.2, 0.25) is 0 Å². The molecule has 0 bridgehead atoms. The van der Waals surface area contributed by atoms with Crippen LogP contribution in [0.2, 0.25) is 0 Å². The van der Waals surface area contributed by atoms with Crippen LogP contribution in [0.25, 0.3) is 0 Å². The van der Waals surface area contributed by atoms with Crippen molar-refractivity contribution in [1.82, 2.24) is 9.80 Å². The molecular formula is C21H24N2O5. The lowest BCUT2D eigenvalue weighted by atomic mass is 9.93. The van der Waals surface area contributed by atoms with Gasteiger partial charge in [0.05, 0.1) is 6.26 Å². The van der Waals surface area contributed by atoms with Crippen molar-refractivity contribution in [3.63, 3.8) is 0 Å². The monoisotopic (exact) mass is 384 g/mol. The minimum Gasteiger partial charge on any atom is -0.459 e. The number of furan rings is 1. The van der Waals surface area contributed by atoms with Crippen LogP contribution in [0.15, 0.2) is 47.1 Å². The number of nitrogens with zero attached hydrogens (tertiary/aromatic N) is 2. The van der Waals surface area contributed by atoms with E-state index < -0.39 is 12.0 Å². The van der Waals surface area contributed by atoms with Crippen LogP contribution in [0.1, 0.15) is 35.5 Å². The molecule has 0 saturated carbocycles. The number of carbonyl (C=O) groups excluding carboxylic acids is 3. The molecule has 0 N–H and O–H groups in total. The summed E-state index contributed by atoms with van der Waals surface area (Å²) in [5, 5.41) is 0. The molecule has 0 spiro atoms. The topological polar surface area (TPSA) is 80.1 Å². The van der Waals surface area contributed by atoms with Gasteiger partial charge in [-0.1, -0.05) is 24.3 Å². The molecule has 0 radical (unpaired) electrons. The second-order valence-corrected chi connectivity index (χ2v) is 7.11. The van der Waals surface area contributed by atoms with Gasteiger partial charge < -0.3 is 19.0 Å². The minimum atomic E-state index is -0.815. The highest BCUT2D eigenvalue weighted by atomic mass is 16.5. The first kappa shape index (κ1) is 19.7. The summed E-state index contributed by atoms with van der Waals surface area (Å²) in [6.07, 6.45) is 1.74. The van der Waals surface area contributed by atoms with E-state index in [1.165, 1.54) is 16.1 Å². The van der Waals surface area contributed by atoms with Gasteiger partial charge in [-0.05, 0) is 37.1 Å². The molecule has 1 unspecified atom stereocenters. The molecule has 0 aliphatic carbocycles. The van der Waals surface area contributed by atoms with Crippen molar-refractivity contribution in [2.24, 2.45) is 0 Å². The molecule has 1 aromatic carbocycles. The highest BCUT2D eigenvalue weighted by Gasteiger charge is 2.37. The maximum atomic E-state index is 12.9. The Morgan fingerprint density at radius 1 is 1.18 bits per heavy atom. The maximum absolute atomic E-state index is 12.9. The van der Waals surface area contributed by atoms with E-state index in [0.29, 0.717) is 6.42 Å². The molecule has 0 saturated heterocycles. The van der Waals surface area contributed by atoms with Crippen LogP contribution in [0.4, 0.5) is 0 Å². The van der Waals surface area contributed by atoms with E-state index in [2.05, 4.69) is 0 Å². The number of hydrogen-bond acceptors (Lipinski definition) is 5. The van der Waals surface area contributed by atoms with Crippen LogP contribution in [0.5, 0.6) is 0 Å². The Balaban J connectivity index is 1.78. The lowest BCUT2D eigenvalue weighted by Gasteiger charge is -2.35. The summed E-state index contributed by atoms with van der Waals surface area (Å²) in [6.45, 7) is 3.67. The third kappa shape index (κ3) is 4.08. The Bertz CT molecular complexity index is 859. The molecule has 7 heteroatoms. The molecule has 1 aliphatic rings. The summed E-state index contributed by atoms with van der Waals surface area (Å²) in [5.74, 6) is -1.11. The second kappa shape index (κ2) is 8.29. The minimum absolute atomic E-state index is 0.00443. The summed E-state index contributed by atoms with van der Waals surface area (Å²) in [4.78, 5) is 40.7. The molecular weight excluding hydrogens is 360 g/mol. The zero-order valence-electron chi connectivity index (χ0n) is 16.3. The highest BCUT2D eigenvalue weighted by molar-refractivity contribution is 5.95. The standard InChI is InChI=1S/C21H24N2O5/c1-14(2)22(3)19(24)13-28-21(26)17-11-15-7-4-5-8-16(15)12-23(17)20(25)18-9-6-10-27-18/h4-10,14,17H,11-13H2,1-3H3. The predicted octanol–water partition coefficient (Wildman–Crippen LogP) is 2.26. The fraction of sp³-hybridized carbons (Fsp3) is 0.381. The van der Waals surface area contributed by atoms with Gasteiger partial charge in [0.15, 0.2) is 12.4 Å². The van der Waals surface area contributed by atoms with Gasteiger partial charge >= 0.3 is 5.97 Å². The van der Waals surface area contributed by atoms with Crippen molar-refractivity contribution in [3.8, 4) is 0 Å².